The number of hydrogen-bond acceptors (Lipinski definition) is 4. The zero-order chi connectivity index (χ0) is 17.9. The van der Waals surface area contributed by atoms with Crippen molar-refractivity contribution in [3.05, 3.63) is 71.1 Å². The first kappa shape index (κ1) is 16.3. The van der Waals surface area contributed by atoms with Gasteiger partial charge in [0, 0.05) is 22.9 Å². The van der Waals surface area contributed by atoms with Crippen LogP contribution in [0.2, 0.25) is 0 Å². The van der Waals surface area contributed by atoms with Gasteiger partial charge in [0.1, 0.15) is 16.8 Å². The molecule has 0 amide bonds. The van der Waals surface area contributed by atoms with E-state index in [2.05, 4.69) is 12.2 Å². The molecule has 0 aliphatic heterocycles. The fourth-order valence-electron chi connectivity index (χ4n) is 3.16. The number of para-hydroxylation sites is 1. The highest BCUT2D eigenvalue weighted by Crippen LogP contribution is 2.30. The number of rotatable bonds is 5. The highest BCUT2D eigenvalue weighted by atomic mass is 16.4. The summed E-state index contributed by atoms with van der Waals surface area (Å²) in [5.41, 5.74) is 2.10. The van der Waals surface area contributed by atoms with Crippen LogP contribution < -0.4 is 10.9 Å². The third-order valence-corrected chi connectivity index (χ3v) is 4.50. The summed E-state index contributed by atoms with van der Waals surface area (Å²) < 4.78 is 5.53. The molecule has 26 heavy (non-hydrogen) atoms. The molecule has 4 heteroatoms. The second-order valence-corrected chi connectivity index (χ2v) is 6.31. The molecule has 0 atom stereocenters. The minimum absolute atomic E-state index is 0.357. The molecule has 2 heterocycles. The van der Waals surface area contributed by atoms with E-state index >= 15 is 0 Å². The van der Waals surface area contributed by atoms with E-state index in [1.165, 1.54) is 0 Å². The quantitative estimate of drug-likeness (QED) is 0.306. The van der Waals surface area contributed by atoms with Crippen molar-refractivity contribution in [1.29, 1.82) is 0 Å². The highest BCUT2D eigenvalue weighted by Gasteiger charge is 2.15. The summed E-state index contributed by atoms with van der Waals surface area (Å²) in [5.74, 6) is 0.592. The zero-order valence-electron chi connectivity index (χ0n) is 14.7. The molecule has 4 aromatic rings. The molecule has 0 spiro atoms. The lowest BCUT2D eigenvalue weighted by Gasteiger charge is -2.12. The van der Waals surface area contributed by atoms with Gasteiger partial charge in [0.2, 0.25) is 0 Å². The third-order valence-electron chi connectivity index (χ3n) is 4.50. The Hall–Kier alpha value is -3.14. The number of unbranched alkanes of at least 4 members (excludes halogenated alkanes) is 1. The largest absolute Gasteiger partial charge is 0.422 e. The van der Waals surface area contributed by atoms with Crippen molar-refractivity contribution in [2.24, 2.45) is 0 Å². The highest BCUT2D eigenvalue weighted by molar-refractivity contribution is 6.09. The van der Waals surface area contributed by atoms with Gasteiger partial charge < -0.3 is 9.73 Å². The van der Waals surface area contributed by atoms with Crippen molar-refractivity contribution < 1.29 is 4.42 Å². The molecule has 2 aromatic carbocycles. The van der Waals surface area contributed by atoms with Gasteiger partial charge in [-0.05, 0) is 18.6 Å². The van der Waals surface area contributed by atoms with E-state index in [9.17, 15) is 4.79 Å². The van der Waals surface area contributed by atoms with Crippen LogP contribution in [0, 0.1) is 0 Å². The molecule has 0 aliphatic carbocycles. The van der Waals surface area contributed by atoms with Crippen LogP contribution in [0.5, 0.6) is 0 Å². The van der Waals surface area contributed by atoms with Gasteiger partial charge in [0.05, 0.1) is 5.69 Å². The zero-order valence-corrected chi connectivity index (χ0v) is 14.7. The molecule has 4 rings (SSSR count). The Morgan fingerprint density at radius 3 is 2.58 bits per heavy atom. The monoisotopic (exact) mass is 344 g/mol. The molecule has 0 aliphatic rings. The molecular formula is C22H20N2O2. The topological polar surface area (TPSA) is 55.1 Å². The van der Waals surface area contributed by atoms with Gasteiger partial charge in [0.15, 0.2) is 0 Å². The Labute approximate surface area is 151 Å². The molecule has 0 radical (unpaired) electrons. The first-order valence-electron chi connectivity index (χ1n) is 8.94. The third kappa shape index (κ3) is 2.94. The van der Waals surface area contributed by atoms with Crippen molar-refractivity contribution in [2.45, 2.75) is 19.8 Å². The van der Waals surface area contributed by atoms with Crippen LogP contribution in [0.15, 0.2) is 69.9 Å². The number of aromatic nitrogens is 1. The summed E-state index contributed by atoms with van der Waals surface area (Å²) in [5, 5.41) is 5.63. The van der Waals surface area contributed by atoms with Crippen LogP contribution in [0.3, 0.4) is 0 Å². The minimum Gasteiger partial charge on any atom is -0.422 e. The average Bonchev–Trinajstić information content (AvgIpc) is 2.68. The van der Waals surface area contributed by atoms with Gasteiger partial charge in [-0.2, -0.15) is 0 Å². The minimum atomic E-state index is -0.357. The van der Waals surface area contributed by atoms with Crippen LogP contribution in [0.25, 0.3) is 33.0 Å². The van der Waals surface area contributed by atoms with E-state index in [0.717, 1.165) is 41.4 Å². The van der Waals surface area contributed by atoms with E-state index < -0.39 is 0 Å². The van der Waals surface area contributed by atoms with Gasteiger partial charge >= 0.3 is 5.63 Å². The summed E-state index contributed by atoms with van der Waals surface area (Å²) >= 11 is 0. The lowest BCUT2D eigenvalue weighted by atomic mass is 10.0. The van der Waals surface area contributed by atoms with E-state index in [1.54, 1.807) is 0 Å². The van der Waals surface area contributed by atoms with Gasteiger partial charge in [0.25, 0.3) is 0 Å². The molecular weight excluding hydrogens is 324 g/mol. The Balaban J connectivity index is 2.02. The molecule has 0 bridgehead atoms. The Kier molecular flexibility index (Phi) is 4.40. The Bertz CT molecular complexity index is 1120. The number of nitrogens with zero attached hydrogens (tertiary/aromatic N) is 1. The molecule has 4 nitrogen and oxygen atoms in total. The predicted octanol–water partition coefficient (Wildman–Crippen LogP) is 5.22. The standard InChI is InChI=1S/C22H20N2O2/c1-2-3-13-23-21-20-17(14-18(24-21)15-9-5-4-6-10-15)16-11-7-8-12-19(16)26-22(20)25/h4-12,14H,2-3,13H2,1H3,(H,23,24). The van der Waals surface area contributed by atoms with E-state index in [-0.39, 0.29) is 5.63 Å². The summed E-state index contributed by atoms with van der Waals surface area (Å²) in [6.45, 7) is 2.90. The van der Waals surface area contributed by atoms with Crippen LogP contribution >= 0.6 is 0 Å². The van der Waals surface area contributed by atoms with Gasteiger partial charge in [-0.3, -0.25) is 0 Å². The SMILES string of the molecule is CCCCNc1nc(-c2ccccc2)cc2c1c(=O)oc1ccccc12. The first-order valence-corrected chi connectivity index (χ1v) is 8.94. The number of nitrogens with one attached hydrogen (secondary N) is 1. The van der Waals surface area contributed by atoms with E-state index in [1.807, 2.05) is 60.7 Å². The second-order valence-electron chi connectivity index (χ2n) is 6.31. The molecule has 0 saturated heterocycles. The van der Waals surface area contributed by atoms with Crippen LogP contribution in [0.1, 0.15) is 19.8 Å². The smallest absolute Gasteiger partial charge is 0.347 e. The number of hydrogen-bond donors (Lipinski definition) is 1. The van der Waals surface area contributed by atoms with Crippen LogP contribution in [-0.4, -0.2) is 11.5 Å². The predicted molar refractivity (Wildman–Crippen MR) is 107 cm³/mol. The molecule has 130 valence electrons. The van der Waals surface area contributed by atoms with Gasteiger partial charge in [-0.25, -0.2) is 9.78 Å². The van der Waals surface area contributed by atoms with Crippen molar-refractivity contribution in [1.82, 2.24) is 4.98 Å². The summed E-state index contributed by atoms with van der Waals surface area (Å²) in [7, 11) is 0. The molecule has 0 unspecified atom stereocenters. The fraction of sp³-hybridized carbons (Fsp3) is 0.182. The second kappa shape index (κ2) is 7.00. The maximum atomic E-state index is 12.6. The molecule has 1 N–H and O–H groups in total. The maximum absolute atomic E-state index is 12.6. The molecule has 2 aromatic heterocycles. The summed E-state index contributed by atoms with van der Waals surface area (Å²) in [6.07, 6.45) is 2.08. The lowest BCUT2D eigenvalue weighted by Crippen LogP contribution is -2.10. The number of benzene rings is 2. The normalized spacial score (nSPS) is 11.1. The first-order chi connectivity index (χ1) is 12.8. The maximum Gasteiger partial charge on any atom is 0.347 e. The fourth-order valence-corrected chi connectivity index (χ4v) is 3.16. The average molecular weight is 344 g/mol. The Morgan fingerprint density at radius 1 is 1.00 bits per heavy atom. The van der Waals surface area contributed by atoms with Crippen molar-refractivity contribution in [2.75, 3.05) is 11.9 Å². The van der Waals surface area contributed by atoms with E-state index in [4.69, 9.17) is 9.40 Å². The number of pyridine rings is 1. The van der Waals surface area contributed by atoms with Gasteiger partial charge in [-0.1, -0.05) is 61.9 Å². The molecule has 0 saturated carbocycles. The van der Waals surface area contributed by atoms with Crippen molar-refractivity contribution >= 4 is 27.6 Å². The van der Waals surface area contributed by atoms with Crippen molar-refractivity contribution in [3.63, 3.8) is 0 Å². The number of fused-ring (bicyclic) bond motifs is 3. The summed E-state index contributed by atoms with van der Waals surface area (Å²) in [4.78, 5) is 17.4. The Morgan fingerprint density at radius 2 is 1.77 bits per heavy atom. The van der Waals surface area contributed by atoms with Crippen LogP contribution in [0.4, 0.5) is 5.82 Å². The summed E-state index contributed by atoms with van der Waals surface area (Å²) in [6, 6.07) is 19.6. The van der Waals surface area contributed by atoms with Crippen molar-refractivity contribution in [3.8, 4) is 11.3 Å². The number of anilines is 1. The lowest BCUT2D eigenvalue weighted by molar-refractivity contribution is 0.569. The van der Waals surface area contributed by atoms with Crippen LogP contribution in [-0.2, 0) is 0 Å². The van der Waals surface area contributed by atoms with E-state index in [0.29, 0.717) is 16.8 Å². The molecule has 0 fully saturated rings. The van der Waals surface area contributed by atoms with Gasteiger partial charge in [-0.15, -0.1) is 0 Å².